The van der Waals surface area contributed by atoms with Crippen molar-refractivity contribution in [1.82, 2.24) is 15.2 Å². The lowest BCUT2D eigenvalue weighted by Crippen LogP contribution is -2.50. The summed E-state index contributed by atoms with van der Waals surface area (Å²) in [4.78, 5) is 20.9. The molecule has 5 N–H and O–H groups in total. The van der Waals surface area contributed by atoms with Crippen LogP contribution >= 0.6 is 22.9 Å². The molecule has 254 valence electrons. The third-order valence-electron chi connectivity index (χ3n) is 10.0. The van der Waals surface area contributed by atoms with Gasteiger partial charge in [0, 0.05) is 24.7 Å². The van der Waals surface area contributed by atoms with Crippen molar-refractivity contribution in [2.24, 2.45) is 0 Å². The largest absolute Gasteiger partial charge is 0.508 e. The fraction of sp³-hybridized carbons (Fsp3) is 0.441. The smallest absolute Gasteiger partial charge is 0.350 e. The molecule has 2 fully saturated rings. The molecular formula is C34H40ClN6O5S2+. The summed E-state index contributed by atoms with van der Waals surface area (Å²) in [5.74, 6) is 0.230. The van der Waals surface area contributed by atoms with Gasteiger partial charge in [-0.05, 0) is 112 Å². The van der Waals surface area contributed by atoms with Gasteiger partial charge < -0.3 is 25.7 Å². The number of amides is 1. The number of anilines is 2. The van der Waals surface area contributed by atoms with Crippen LogP contribution in [0.1, 0.15) is 73.7 Å². The minimum absolute atomic E-state index is 0.0221. The van der Waals surface area contributed by atoms with Crippen molar-refractivity contribution in [2.45, 2.75) is 87.4 Å². The predicted molar refractivity (Wildman–Crippen MR) is 186 cm³/mol. The summed E-state index contributed by atoms with van der Waals surface area (Å²) < 4.78 is 33.0. The molecule has 1 spiro atoms. The highest BCUT2D eigenvalue weighted by Gasteiger charge is 2.40. The van der Waals surface area contributed by atoms with E-state index in [1.165, 1.54) is 24.8 Å². The third kappa shape index (κ3) is 6.52. The zero-order chi connectivity index (χ0) is 33.5. The van der Waals surface area contributed by atoms with Crippen LogP contribution in [0.3, 0.4) is 0 Å². The molecule has 0 radical (unpaired) electrons. The molecule has 2 aromatic carbocycles. The van der Waals surface area contributed by atoms with E-state index >= 15 is 0 Å². The first-order valence-corrected chi connectivity index (χ1v) is 19.2. The Morgan fingerprint density at radius 1 is 1.06 bits per heavy atom. The number of benzene rings is 2. The van der Waals surface area contributed by atoms with Crippen LogP contribution in [-0.4, -0.2) is 59.1 Å². The normalized spacial score (nSPS) is 23.1. The molecule has 0 atom stereocenters. The van der Waals surface area contributed by atoms with E-state index in [1.807, 2.05) is 4.90 Å². The van der Waals surface area contributed by atoms with Gasteiger partial charge in [0.25, 0.3) is 5.91 Å². The average molecular weight is 712 g/mol. The maximum Gasteiger partial charge on any atom is 0.350 e. The Kier molecular flexibility index (Phi) is 9.14. The Balaban J connectivity index is 1.27. The summed E-state index contributed by atoms with van der Waals surface area (Å²) in [6.45, 7) is 2.35. The SMILES string of the molecule is O=C1c2cc(cnc2NCc2ccc(O)cc2)S(=O)(=O)Nc2sc3c(Cl)ccc(O)c3[n+]2CCCCCN1C1CCC2(CCCN2)CC1. The van der Waals surface area contributed by atoms with Crippen molar-refractivity contribution >= 4 is 60.0 Å². The number of nitrogens with zero attached hydrogens (tertiary/aromatic N) is 3. The molecular weight excluding hydrogens is 672 g/mol. The molecule has 1 amide bonds. The van der Waals surface area contributed by atoms with Gasteiger partial charge in [0.1, 0.15) is 21.2 Å². The van der Waals surface area contributed by atoms with Crippen molar-refractivity contribution in [2.75, 3.05) is 23.1 Å². The minimum atomic E-state index is -4.21. The summed E-state index contributed by atoms with van der Waals surface area (Å²) in [5, 5.41) is 28.2. The molecule has 4 aromatic rings. The van der Waals surface area contributed by atoms with Crippen molar-refractivity contribution in [1.29, 1.82) is 0 Å². The number of sulfonamides is 1. The number of phenolic OH excluding ortho intramolecular Hbond substituents is 2. The molecule has 2 aromatic heterocycles. The molecule has 3 aliphatic rings. The number of carbonyl (C=O) groups excluding carboxylic acids is 1. The van der Waals surface area contributed by atoms with Crippen molar-refractivity contribution in [3.05, 3.63) is 64.8 Å². The van der Waals surface area contributed by atoms with E-state index in [-0.39, 0.29) is 39.4 Å². The molecule has 1 saturated carbocycles. The van der Waals surface area contributed by atoms with E-state index in [9.17, 15) is 23.4 Å². The maximum absolute atomic E-state index is 14.6. The predicted octanol–water partition coefficient (Wildman–Crippen LogP) is 5.75. The topological polar surface area (TPSA) is 148 Å². The zero-order valence-corrected chi connectivity index (χ0v) is 28.9. The highest BCUT2D eigenvalue weighted by Crippen LogP contribution is 2.39. The van der Waals surface area contributed by atoms with Crippen LogP contribution in [0.5, 0.6) is 11.5 Å². The number of hydrogen-bond acceptors (Lipinski definition) is 9. The maximum atomic E-state index is 14.6. The summed E-state index contributed by atoms with van der Waals surface area (Å²) in [6.07, 6.45) is 9.62. The van der Waals surface area contributed by atoms with Crippen LogP contribution in [0.2, 0.25) is 5.02 Å². The Bertz CT molecular complexity index is 1940. The summed E-state index contributed by atoms with van der Waals surface area (Å²) in [6, 6.07) is 11.3. The molecule has 1 saturated heterocycles. The molecule has 0 unspecified atom stereocenters. The molecule has 11 nitrogen and oxygen atoms in total. The van der Waals surface area contributed by atoms with E-state index in [0.717, 1.165) is 68.4 Å². The number of nitrogens with one attached hydrogen (secondary N) is 3. The third-order valence-corrected chi connectivity index (χ3v) is 13.0. The Morgan fingerprint density at radius 3 is 2.60 bits per heavy atom. The van der Waals surface area contributed by atoms with E-state index < -0.39 is 10.0 Å². The van der Waals surface area contributed by atoms with Gasteiger partial charge in [-0.25, -0.2) is 9.55 Å². The first-order chi connectivity index (χ1) is 23.1. The number of aromatic hydroxyl groups is 2. The number of halogens is 1. The van der Waals surface area contributed by atoms with E-state index in [0.29, 0.717) is 52.2 Å². The first-order valence-electron chi connectivity index (χ1n) is 16.6. The number of rotatable bonds is 4. The number of carbonyl (C=O) groups is 1. The molecule has 1 aliphatic carbocycles. The van der Waals surface area contributed by atoms with Crippen molar-refractivity contribution < 1.29 is 28.0 Å². The number of aromatic nitrogens is 2. The van der Waals surface area contributed by atoms with Crippen LogP contribution in [0.15, 0.2) is 53.6 Å². The van der Waals surface area contributed by atoms with Crippen molar-refractivity contribution in [3.63, 3.8) is 0 Å². The Labute approximate surface area is 289 Å². The quantitative estimate of drug-likeness (QED) is 0.168. The van der Waals surface area contributed by atoms with Gasteiger partial charge in [-0.15, -0.1) is 0 Å². The number of fused-ring (bicyclic) bond motifs is 5. The second-order valence-corrected chi connectivity index (χ2v) is 16.2. The summed E-state index contributed by atoms with van der Waals surface area (Å²) in [7, 11) is -4.21. The van der Waals surface area contributed by atoms with Gasteiger partial charge in [0.05, 0.1) is 23.3 Å². The van der Waals surface area contributed by atoms with Crippen LogP contribution in [0.4, 0.5) is 10.9 Å². The van der Waals surface area contributed by atoms with Gasteiger partial charge in [-0.1, -0.05) is 23.7 Å². The lowest BCUT2D eigenvalue weighted by Gasteiger charge is -2.42. The summed E-state index contributed by atoms with van der Waals surface area (Å²) >= 11 is 7.65. The van der Waals surface area contributed by atoms with E-state index in [1.54, 1.807) is 34.9 Å². The lowest BCUT2D eigenvalue weighted by atomic mass is 9.78. The number of phenols is 2. The Morgan fingerprint density at radius 2 is 1.85 bits per heavy atom. The van der Waals surface area contributed by atoms with Gasteiger partial charge in [-0.3, -0.25) is 4.79 Å². The lowest BCUT2D eigenvalue weighted by molar-refractivity contribution is -0.654. The number of pyridine rings is 1. The van der Waals surface area contributed by atoms with E-state index in [4.69, 9.17) is 11.6 Å². The van der Waals surface area contributed by atoms with Crippen LogP contribution in [0.25, 0.3) is 10.2 Å². The molecule has 2 aliphatic heterocycles. The molecule has 14 heteroatoms. The summed E-state index contributed by atoms with van der Waals surface area (Å²) in [5.41, 5.74) is 1.70. The highest BCUT2D eigenvalue weighted by molar-refractivity contribution is 7.93. The molecule has 2 bridgehead atoms. The fourth-order valence-corrected chi connectivity index (χ4v) is 10.1. The molecule has 48 heavy (non-hydrogen) atoms. The fourth-order valence-electron chi connectivity index (χ4n) is 7.40. The number of hydrogen-bond donors (Lipinski definition) is 5. The van der Waals surface area contributed by atoms with Crippen LogP contribution in [-0.2, 0) is 23.1 Å². The van der Waals surface area contributed by atoms with E-state index in [2.05, 4.69) is 20.3 Å². The second kappa shape index (κ2) is 13.3. The first kappa shape index (κ1) is 32.9. The molecule has 7 rings (SSSR count). The van der Waals surface area contributed by atoms with Crippen molar-refractivity contribution in [3.8, 4) is 11.5 Å². The second-order valence-electron chi connectivity index (χ2n) is 13.1. The van der Waals surface area contributed by atoms with Gasteiger partial charge in [-0.2, -0.15) is 13.1 Å². The molecule has 4 heterocycles. The number of aryl methyl sites for hydroxylation is 1. The van der Waals surface area contributed by atoms with Crippen LogP contribution in [0, 0.1) is 0 Å². The van der Waals surface area contributed by atoms with Gasteiger partial charge in [0.15, 0.2) is 11.3 Å². The monoisotopic (exact) mass is 711 g/mol. The van der Waals surface area contributed by atoms with Gasteiger partial charge in [0.2, 0.25) is 0 Å². The van der Waals surface area contributed by atoms with Crippen LogP contribution < -0.4 is 19.9 Å². The standard InChI is InChI=1S/C34H39ClN6O5S2/c35-27-9-10-28(43)29-30(27)47-33-39-48(45,46)25-19-26(31(37-21-25)36-20-22-5-7-24(42)8-6-22)32(44)40(17-2-1-3-18-41(29)33)23-11-14-34(15-12-23)13-4-16-38-34/h5-10,19,21,23,38H,1-4,11-18,20H2,(H3,36,37,42,43,44)/p+1. The Hall–Kier alpha value is -3.65. The minimum Gasteiger partial charge on any atom is -0.508 e. The van der Waals surface area contributed by atoms with Gasteiger partial charge >= 0.3 is 15.2 Å². The highest BCUT2D eigenvalue weighted by atomic mass is 35.5. The number of thiazole rings is 1. The zero-order valence-electron chi connectivity index (χ0n) is 26.5. The average Bonchev–Trinajstić information content (AvgIpc) is 3.69.